The molecule has 150 valence electrons. The van der Waals surface area contributed by atoms with E-state index in [0.29, 0.717) is 19.8 Å². The molecule has 1 N–H and O–H groups in total. The molecule has 27 heavy (non-hydrogen) atoms. The summed E-state index contributed by atoms with van der Waals surface area (Å²) < 4.78 is 22.4. The van der Waals surface area contributed by atoms with E-state index in [1.54, 1.807) is 0 Å². The van der Waals surface area contributed by atoms with Crippen LogP contribution >= 0.6 is 0 Å². The number of nitrogens with one attached hydrogen (secondary N) is 1. The van der Waals surface area contributed by atoms with Gasteiger partial charge in [-0.3, -0.25) is 0 Å². The summed E-state index contributed by atoms with van der Waals surface area (Å²) in [6, 6.07) is 9.55. The number of benzene rings is 1. The van der Waals surface area contributed by atoms with Crippen molar-refractivity contribution in [3.63, 3.8) is 0 Å². The van der Waals surface area contributed by atoms with Crippen molar-refractivity contribution < 1.29 is 23.7 Å². The highest BCUT2D eigenvalue weighted by molar-refractivity contribution is 5.68. The van der Waals surface area contributed by atoms with E-state index in [1.807, 2.05) is 77.1 Å². The summed E-state index contributed by atoms with van der Waals surface area (Å²) in [5.41, 5.74) is 0.516. The van der Waals surface area contributed by atoms with Crippen LogP contribution in [0.1, 0.15) is 40.2 Å². The largest absolute Gasteiger partial charge is 0.444 e. The van der Waals surface area contributed by atoms with Gasteiger partial charge in [0.2, 0.25) is 0 Å². The molecule has 6 nitrogen and oxygen atoms in total. The van der Waals surface area contributed by atoms with Crippen LogP contribution in [0.5, 0.6) is 0 Å². The number of hydrogen-bond acceptors (Lipinski definition) is 5. The van der Waals surface area contributed by atoms with Gasteiger partial charge in [-0.1, -0.05) is 42.5 Å². The van der Waals surface area contributed by atoms with Gasteiger partial charge in [0.25, 0.3) is 0 Å². The Morgan fingerprint density at radius 3 is 2.63 bits per heavy atom. The zero-order chi connectivity index (χ0) is 19.9. The molecule has 1 aliphatic rings. The molecule has 0 bridgehead atoms. The van der Waals surface area contributed by atoms with Crippen LogP contribution in [-0.4, -0.2) is 42.8 Å². The smallest absolute Gasteiger partial charge is 0.408 e. The predicted molar refractivity (Wildman–Crippen MR) is 103 cm³/mol. The number of hydrogen-bond donors (Lipinski definition) is 1. The quantitative estimate of drug-likeness (QED) is 0.732. The molecule has 1 amide bonds. The zero-order valence-corrected chi connectivity index (χ0v) is 16.9. The van der Waals surface area contributed by atoms with Crippen molar-refractivity contribution in [3.05, 3.63) is 48.0 Å². The summed E-state index contributed by atoms with van der Waals surface area (Å²) in [5.74, 6) is -0.590. The van der Waals surface area contributed by atoms with Gasteiger partial charge >= 0.3 is 6.09 Å². The highest BCUT2D eigenvalue weighted by Gasteiger charge is 2.31. The Balaban J connectivity index is 1.91. The fraction of sp³-hybridized carbons (Fsp3) is 0.571. The molecule has 1 saturated heterocycles. The Morgan fingerprint density at radius 2 is 2.04 bits per heavy atom. The number of alkyl carbamates (subject to hydrolysis) is 1. The molecular weight excluding hydrogens is 346 g/mol. The fourth-order valence-corrected chi connectivity index (χ4v) is 2.55. The van der Waals surface area contributed by atoms with Crippen molar-refractivity contribution in [2.75, 3.05) is 13.2 Å². The summed E-state index contributed by atoms with van der Waals surface area (Å²) in [6.45, 7) is 10.5. The van der Waals surface area contributed by atoms with Gasteiger partial charge in [-0.05, 0) is 40.2 Å². The van der Waals surface area contributed by atoms with E-state index in [9.17, 15) is 4.79 Å². The van der Waals surface area contributed by atoms with E-state index in [4.69, 9.17) is 18.9 Å². The van der Waals surface area contributed by atoms with Crippen LogP contribution in [0.3, 0.4) is 0 Å². The summed E-state index contributed by atoms with van der Waals surface area (Å²) in [6.07, 6.45) is 3.12. The fourth-order valence-electron chi connectivity index (χ4n) is 2.55. The second kappa shape index (κ2) is 9.35. The summed E-state index contributed by atoms with van der Waals surface area (Å²) in [7, 11) is 0. The van der Waals surface area contributed by atoms with Crippen molar-refractivity contribution >= 4 is 6.09 Å². The highest BCUT2D eigenvalue weighted by Crippen LogP contribution is 2.23. The van der Waals surface area contributed by atoms with Crippen molar-refractivity contribution in [1.29, 1.82) is 0 Å². The van der Waals surface area contributed by atoms with Crippen molar-refractivity contribution in [1.82, 2.24) is 5.32 Å². The van der Waals surface area contributed by atoms with Crippen molar-refractivity contribution in [2.45, 2.75) is 64.8 Å². The molecular formula is C21H31NO5. The van der Waals surface area contributed by atoms with E-state index in [1.165, 1.54) is 0 Å². The van der Waals surface area contributed by atoms with Gasteiger partial charge in [-0.15, -0.1) is 0 Å². The van der Waals surface area contributed by atoms with Gasteiger partial charge < -0.3 is 24.3 Å². The predicted octanol–water partition coefficient (Wildman–Crippen LogP) is 3.80. The average molecular weight is 377 g/mol. The normalized spacial score (nSPS) is 20.6. The number of rotatable bonds is 7. The van der Waals surface area contributed by atoms with Crippen LogP contribution < -0.4 is 5.32 Å². The van der Waals surface area contributed by atoms with Gasteiger partial charge in [0.05, 0.1) is 25.9 Å². The van der Waals surface area contributed by atoms with E-state index in [2.05, 4.69) is 5.32 Å². The molecule has 6 heteroatoms. The Morgan fingerprint density at radius 1 is 1.33 bits per heavy atom. The molecule has 0 aliphatic carbocycles. The van der Waals surface area contributed by atoms with Gasteiger partial charge in [0.1, 0.15) is 11.7 Å². The first-order chi connectivity index (χ1) is 12.6. The summed E-state index contributed by atoms with van der Waals surface area (Å²) >= 11 is 0. The molecule has 2 rings (SSSR count). The highest BCUT2D eigenvalue weighted by atomic mass is 16.7. The third-order valence-electron chi connectivity index (χ3n) is 3.70. The third kappa shape index (κ3) is 8.56. The maximum Gasteiger partial charge on any atom is 0.408 e. The minimum atomic E-state index is -0.590. The van der Waals surface area contributed by atoms with Crippen molar-refractivity contribution in [2.24, 2.45) is 0 Å². The second-order valence-electron chi connectivity index (χ2n) is 8.01. The molecule has 0 radical (unpaired) electrons. The van der Waals surface area contributed by atoms with Crippen LogP contribution in [0.15, 0.2) is 42.5 Å². The summed E-state index contributed by atoms with van der Waals surface area (Å²) in [5, 5.41) is 2.84. The maximum atomic E-state index is 12.1. The monoisotopic (exact) mass is 377 g/mol. The molecule has 0 unspecified atom stereocenters. The summed E-state index contributed by atoms with van der Waals surface area (Å²) in [4.78, 5) is 12.1. The Hall–Kier alpha value is -1.89. The number of ether oxygens (including phenoxy) is 4. The lowest BCUT2D eigenvalue weighted by Gasteiger charge is -2.22. The SMILES string of the molecule is CC(C)(C)OC(=O)N[C@H](/C=C\[C@@H]1COC(C)(C)O1)COCc1ccccc1. The lowest BCUT2D eigenvalue weighted by molar-refractivity contribution is -0.133. The molecule has 1 heterocycles. The molecule has 1 aromatic carbocycles. The van der Waals surface area contributed by atoms with Crippen LogP contribution in [0.4, 0.5) is 4.79 Å². The van der Waals surface area contributed by atoms with Crippen LogP contribution in [0.2, 0.25) is 0 Å². The second-order valence-corrected chi connectivity index (χ2v) is 8.01. The Kier molecular flexibility index (Phi) is 7.41. The molecule has 0 saturated carbocycles. The molecule has 1 fully saturated rings. The molecule has 1 aromatic rings. The zero-order valence-electron chi connectivity index (χ0n) is 16.9. The topological polar surface area (TPSA) is 66.0 Å². The first-order valence-corrected chi connectivity index (χ1v) is 9.24. The van der Waals surface area contributed by atoms with Gasteiger partial charge in [0.15, 0.2) is 5.79 Å². The number of carbonyl (C=O) groups is 1. The van der Waals surface area contributed by atoms with Gasteiger partial charge in [0, 0.05) is 0 Å². The molecule has 2 atom stereocenters. The first-order valence-electron chi connectivity index (χ1n) is 9.24. The average Bonchev–Trinajstić information content (AvgIpc) is 2.91. The minimum Gasteiger partial charge on any atom is -0.444 e. The van der Waals surface area contributed by atoms with Crippen LogP contribution in [-0.2, 0) is 25.6 Å². The molecule has 0 spiro atoms. The van der Waals surface area contributed by atoms with Crippen LogP contribution in [0, 0.1) is 0 Å². The van der Waals surface area contributed by atoms with E-state index in [0.717, 1.165) is 5.56 Å². The van der Waals surface area contributed by atoms with Crippen LogP contribution in [0.25, 0.3) is 0 Å². The third-order valence-corrected chi connectivity index (χ3v) is 3.70. The number of amides is 1. The van der Waals surface area contributed by atoms with E-state index >= 15 is 0 Å². The van der Waals surface area contributed by atoms with Gasteiger partial charge in [-0.2, -0.15) is 0 Å². The standard InChI is InChI=1S/C21H31NO5/c1-20(2,3)27-19(23)22-17(11-12-18-15-25-21(4,5)26-18)14-24-13-16-9-7-6-8-10-16/h6-12,17-18H,13-15H2,1-5H3,(H,22,23)/b12-11-/t17-,18-/m1/s1. The van der Waals surface area contributed by atoms with E-state index < -0.39 is 17.5 Å². The minimum absolute atomic E-state index is 0.156. The number of carbonyl (C=O) groups excluding carboxylic acids is 1. The van der Waals surface area contributed by atoms with E-state index in [-0.39, 0.29) is 12.1 Å². The maximum absolute atomic E-state index is 12.1. The lowest BCUT2D eigenvalue weighted by atomic mass is 10.2. The molecule has 0 aromatic heterocycles. The van der Waals surface area contributed by atoms with Crippen molar-refractivity contribution in [3.8, 4) is 0 Å². The first kappa shape index (κ1) is 21.4. The lowest BCUT2D eigenvalue weighted by Crippen LogP contribution is -2.40. The van der Waals surface area contributed by atoms with Gasteiger partial charge in [-0.25, -0.2) is 4.79 Å². The Bertz CT molecular complexity index is 621. The molecule has 1 aliphatic heterocycles. The Labute approximate surface area is 161 Å².